The molecular weight excluding hydrogens is 232 g/mol. The van der Waals surface area contributed by atoms with E-state index in [1.807, 2.05) is 0 Å². The monoisotopic (exact) mass is 248 g/mol. The summed E-state index contributed by atoms with van der Waals surface area (Å²) in [5.74, 6) is -0.338. The van der Waals surface area contributed by atoms with Crippen molar-refractivity contribution in [2.24, 2.45) is 0 Å². The van der Waals surface area contributed by atoms with Crippen molar-refractivity contribution in [2.75, 3.05) is 33.3 Å². The minimum atomic E-state index is -0.476. The van der Waals surface area contributed by atoms with E-state index in [0.29, 0.717) is 24.4 Å². The molecule has 0 atom stereocenters. The molecule has 1 N–H and O–H groups in total. The molecule has 0 aliphatic carbocycles. The summed E-state index contributed by atoms with van der Waals surface area (Å²) in [5, 5.41) is 3.14. The van der Waals surface area contributed by atoms with Gasteiger partial charge in [-0.25, -0.2) is 0 Å². The lowest BCUT2D eigenvalue weighted by Crippen LogP contribution is -2.48. The van der Waals surface area contributed by atoms with E-state index in [1.165, 1.54) is 7.11 Å². The van der Waals surface area contributed by atoms with Crippen LogP contribution < -0.4 is 10.1 Å². The lowest BCUT2D eigenvalue weighted by Gasteiger charge is -2.26. The van der Waals surface area contributed by atoms with Crippen molar-refractivity contribution in [2.45, 2.75) is 0 Å². The third-order valence-electron chi connectivity index (χ3n) is 2.93. The van der Waals surface area contributed by atoms with Gasteiger partial charge in [0.1, 0.15) is 5.75 Å². The first-order chi connectivity index (χ1) is 8.72. The molecule has 1 aromatic rings. The number of hydrogen-bond donors (Lipinski definition) is 1. The lowest BCUT2D eigenvalue weighted by molar-refractivity contribution is -0.126. The summed E-state index contributed by atoms with van der Waals surface area (Å²) in [7, 11) is 1.53. The topological polar surface area (TPSA) is 58.6 Å². The fourth-order valence-corrected chi connectivity index (χ4v) is 1.90. The first-order valence-corrected chi connectivity index (χ1v) is 5.91. The van der Waals surface area contributed by atoms with Gasteiger partial charge >= 0.3 is 0 Å². The summed E-state index contributed by atoms with van der Waals surface area (Å²) in [6.45, 7) is 2.62. The van der Waals surface area contributed by atoms with Crippen LogP contribution in [0.3, 0.4) is 0 Å². The van der Waals surface area contributed by atoms with Crippen molar-refractivity contribution in [1.29, 1.82) is 0 Å². The van der Waals surface area contributed by atoms with E-state index in [1.54, 1.807) is 29.2 Å². The molecule has 1 fully saturated rings. The second-order valence-corrected chi connectivity index (χ2v) is 4.10. The van der Waals surface area contributed by atoms with Crippen molar-refractivity contribution in [1.82, 2.24) is 10.2 Å². The van der Waals surface area contributed by atoms with Crippen LogP contribution in [0, 0.1) is 0 Å². The van der Waals surface area contributed by atoms with Gasteiger partial charge in [-0.3, -0.25) is 9.59 Å². The summed E-state index contributed by atoms with van der Waals surface area (Å²) in [6.07, 6.45) is 0. The summed E-state index contributed by atoms with van der Waals surface area (Å²) in [6, 6.07) is 6.66. The van der Waals surface area contributed by atoms with Gasteiger partial charge in [-0.2, -0.15) is 0 Å². The third kappa shape index (κ3) is 2.68. The Balaban J connectivity index is 2.11. The van der Waals surface area contributed by atoms with Crippen LogP contribution in [0.15, 0.2) is 24.3 Å². The van der Waals surface area contributed by atoms with E-state index in [2.05, 4.69) is 5.32 Å². The minimum absolute atomic E-state index is 0.373. The number of carbonyl (C=O) groups excluding carboxylic acids is 2. The number of methoxy groups -OCH3 is 1. The highest BCUT2D eigenvalue weighted by molar-refractivity contribution is 6.42. The number of benzene rings is 1. The zero-order valence-corrected chi connectivity index (χ0v) is 10.3. The maximum absolute atomic E-state index is 12.0. The van der Waals surface area contributed by atoms with Crippen molar-refractivity contribution >= 4 is 11.7 Å². The summed E-state index contributed by atoms with van der Waals surface area (Å²) < 4.78 is 5.04. The second kappa shape index (κ2) is 5.64. The number of rotatable bonds is 3. The first-order valence-electron chi connectivity index (χ1n) is 5.91. The van der Waals surface area contributed by atoms with Crippen LogP contribution in [0.25, 0.3) is 0 Å². The average molecular weight is 248 g/mol. The van der Waals surface area contributed by atoms with Crippen molar-refractivity contribution in [3.05, 3.63) is 29.8 Å². The summed E-state index contributed by atoms with van der Waals surface area (Å²) in [5.41, 5.74) is 0.373. The van der Waals surface area contributed by atoms with Gasteiger partial charge in [-0.05, 0) is 12.1 Å². The van der Waals surface area contributed by atoms with Crippen molar-refractivity contribution < 1.29 is 14.3 Å². The van der Waals surface area contributed by atoms with Crippen molar-refractivity contribution in [3.63, 3.8) is 0 Å². The van der Waals surface area contributed by atoms with Gasteiger partial charge in [-0.15, -0.1) is 0 Å². The van der Waals surface area contributed by atoms with E-state index < -0.39 is 11.7 Å². The third-order valence-corrected chi connectivity index (χ3v) is 2.93. The summed E-state index contributed by atoms with van der Waals surface area (Å²) >= 11 is 0. The fourth-order valence-electron chi connectivity index (χ4n) is 1.90. The van der Waals surface area contributed by atoms with Crippen molar-refractivity contribution in [3.8, 4) is 5.75 Å². The number of hydrogen-bond acceptors (Lipinski definition) is 4. The first kappa shape index (κ1) is 12.6. The molecule has 5 heteroatoms. The molecule has 0 radical (unpaired) electrons. The molecule has 1 aromatic carbocycles. The molecule has 1 aliphatic rings. The predicted molar refractivity (Wildman–Crippen MR) is 66.8 cm³/mol. The highest BCUT2D eigenvalue weighted by atomic mass is 16.5. The fraction of sp³-hybridized carbons (Fsp3) is 0.385. The number of Topliss-reactive ketones (excluding diaryl/α,β-unsaturated/α-hetero) is 1. The molecule has 96 valence electrons. The number of piperazine rings is 1. The predicted octanol–water partition coefficient (Wildman–Crippen LogP) is 0.310. The Hall–Kier alpha value is -1.88. The zero-order valence-electron chi connectivity index (χ0n) is 10.3. The van der Waals surface area contributed by atoms with Crippen LogP contribution in [0.2, 0.25) is 0 Å². The zero-order chi connectivity index (χ0) is 13.0. The van der Waals surface area contributed by atoms with Gasteiger partial charge in [0, 0.05) is 31.7 Å². The van der Waals surface area contributed by atoms with Crippen LogP contribution in [-0.2, 0) is 4.79 Å². The van der Waals surface area contributed by atoms with Gasteiger partial charge in [-0.1, -0.05) is 12.1 Å². The van der Waals surface area contributed by atoms with E-state index >= 15 is 0 Å². The molecule has 0 spiro atoms. The molecule has 1 aliphatic heterocycles. The maximum atomic E-state index is 12.0. The smallest absolute Gasteiger partial charge is 0.295 e. The number of amides is 1. The summed E-state index contributed by atoms with van der Waals surface area (Å²) in [4.78, 5) is 25.6. The number of carbonyl (C=O) groups is 2. The van der Waals surface area contributed by atoms with E-state index in [9.17, 15) is 9.59 Å². The molecule has 0 unspecified atom stereocenters. The molecular formula is C13H16N2O3. The highest BCUT2D eigenvalue weighted by Gasteiger charge is 2.24. The van der Waals surface area contributed by atoms with Crippen LogP contribution in [-0.4, -0.2) is 49.9 Å². The number of nitrogens with zero attached hydrogens (tertiary/aromatic N) is 1. The normalized spacial score (nSPS) is 15.3. The van der Waals surface area contributed by atoms with Gasteiger partial charge in [0.15, 0.2) is 0 Å². The lowest BCUT2D eigenvalue weighted by atomic mass is 10.1. The Bertz CT molecular complexity index is 453. The van der Waals surface area contributed by atoms with Gasteiger partial charge in [0.2, 0.25) is 0 Å². The van der Waals surface area contributed by atoms with Gasteiger partial charge in [0.25, 0.3) is 11.7 Å². The molecule has 2 rings (SSSR count). The minimum Gasteiger partial charge on any atom is -0.497 e. The molecule has 0 saturated carbocycles. The average Bonchev–Trinajstić information content (AvgIpc) is 2.46. The van der Waals surface area contributed by atoms with Gasteiger partial charge in [0.05, 0.1) is 7.11 Å². The number of nitrogens with one attached hydrogen (secondary N) is 1. The second-order valence-electron chi connectivity index (χ2n) is 4.10. The highest BCUT2D eigenvalue weighted by Crippen LogP contribution is 2.14. The SMILES string of the molecule is COc1cccc(C(=O)C(=O)N2CCNCC2)c1. The molecule has 1 heterocycles. The standard InChI is InChI=1S/C13H16N2O3/c1-18-11-4-2-3-10(9-11)12(16)13(17)15-7-5-14-6-8-15/h2-4,9,14H,5-8H2,1H3. The molecule has 5 nitrogen and oxygen atoms in total. The Morgan fingerprint density at radius 2 is 2.00 bits per heavy atom. The Labute approximate surface area is 106 Å². The Morgan fingerprint density at radius 1 is 1.28 bits per heavy atom. The van der Waals surface area contributed by atoms with E-state index in [-0.39, 0.29) is 0 Å². The van der Waals surface area contributed by atoms with E-state index in [4.69, 9.17) is 4.74 Å². The number of ether oxygens (including phenoxy) is 1. The van der Waals surface area contributed by atoms with Crippen LogP contribution in [0.1, 0.15) is 10.4 Å². The molecule has 1 saturated heterocycles. The molecule has 1 amide bonds. The van der Waals surface area contributed by atoms with Crippen LogP contribution in [0.5, 0.6) is 5.75 Å². The van der Waals surface area contributed by atoms with Crippen LogP contribution in [0.4, 0.5) is 0 Å². The Morgan fingerprint density at radius 3 is 2.67 bits per heavy atom. The Kier molecular flexibility index (Phi) is 3.94. The molecule has 0 bridgehead atoms. The molecule has 0 aromatic heterocycles. The van der Waals surface area contributed by atoms with Crippen LogP contribution >= 0.6 is 0 Å². The van der Waals surface area contributed by atoms with E-state index in [0.717, 1.165) is 13.1 Å². The number of ketones is 1. The maximum Gasteiger partial charge on any atom is 0.295 e. The molecule has 18 heavy (non-hydrogen) atoms. The van der Waals surface area contributed by atoms with Gasteiger partial charge < -0.3 is 15.0 Å². The quantitative estimate of drug-likeness (QED) is 0.618. The largest absolute Gasteiger partial charge is 0.497 e.